The van der Waals surface area contributed by atoms with Crippen molar-refractivity contribution in [2.75, 3.05) is 26.2 Å². The van der Waals surface area contributed by atoms with Gasteiger partial charge in [0.05, 0.1) is 13.2 Å². The van der Waals surface area contributed by atoms with E-state index < -0.39 is 0 Å². The SMILES string of the molecule is Cc1ccc(C2CCN(CCOCc3ccccc3)CC2)cc1. The zero-order valence-electron chi connectivity index (χ0n) is 14.1. The Morgan fingerprint density at radius 1 is 0.957 bits per heavy atom. The van der Waals surface area contributed by atoms with E-state index in [9.17, 15) is 0 Å². The van der Waals surface area contributed by atoms with Gasteiger partial charge in [-0.1, -0.05) is 60.2 Å². The maximum absolute atomic E-state index is 5.81. The summed E-state index contributed by atoms with van der Waals surface area (Å²) in [5.74, 6) is 0.733. The molecule has 0 saturated carbocycles. The monoisotopic (exact) mass is 309 g/mol. The Kier molecular flexibility index (Phi) is 5.84. The summed E-state index contributed by atoms with van der Waals surface area (Å²) in [6.07, 6.45) is 2.53. The minimum absolute atomic E-state index is 0.723. The Bertz CT molecular complexity index is 571. The third-order valence-electron chi connectivity index (χ3n) is 4.80. The van der Waals surface area contributed by atoms with Gasteiger partial charge in [-0.2, -0.15) is 0 Å². The molecule has 122 valence electrons. The van der Waals surface area contributed by atoms with Gasteiger partial charge in [-0.25, -0.2) is 0 Å². The molecule has 0 aromatic heterocycles. The standard InChI is InChI=1S/C21H27NO/c1-18-7-9-20(10-8-18)21-11-13-22(14-12-21)15-16-23-17-19-5-3-2-4-6-19/h2-10,21H,11-17H2,1H3. The Balaban J connectivity index is 1.35. The Morgan fingerprint density at radius 2 is 1.65 bits per heavy atom. The predicted octanol–water partition coefficient (Wildman–Crippen LogP) is 4.39. The van der Waals surface area contributed by atoms with Crippen LogP contribution in [0.3, 0.4) is 0 Å². The first-order valence-electron chi connectivity index (χ1n) is 8.72. The molecule has 1 saturated heterocycles. The highest BCUT2D eigenvalue weighted by Crippen LogP contribution is 2.27. The average Bonchev–Trinajstić information content (AvgIpc) is 2.61. The fraction of sp³-hybridized carbons (Fsp3) is 0.429. The third kappa shape index (κ3) is 4.92. The molecule has 2 heteroatoms. The summed E-state index contributed by atoms with van der Waals surface area (Å²) in [4.78, 5) is 2.54. The fourth-order valence-electron chi connectivity index (χ4n) is 3.29. The zero-order chi connectivity index (χ0) is 15.9. The van der Waals surface area contributed by atoms with Gasteiger partial charge in [-0.15, -0.1) is 0 Å². The lowest BCUT2D eigenvalue weighted by Gasteiger charge is -2.32. The second kappa shape index (κ2) is 8.28. The molecule has 0 spiro atoms. The van der Waals surface area contributed by atoms with Crippen LogP contribution >= 0.6 is 0 Å². The number of hydrogen-bond acceptors (Lipinski definition) is 2. The topological polar surface area (TPSA) is 12.5 Å². The molecule has 23 heavy (non-hydrogen) atoms. The van der Waals surface area contributed by atoms with E-state index in [4.69, 9.17) is 4.74 Å². The first-order valence-corrected chi connectivity index (χ1v) is 8.72. The van der Waals surface area contributed by atoms with Gasteiger partial charge in [-0.05, 0) is 49.9 Å². The minimum Gasteiger partial charge on any atom is -0.375 e. The molecule has 2 aromatic rings. The summed E-state index contributed by atoms with van der Waals surface area (Å²) < 4.78 is 5.81. The summed E-state index contributed by atoms with van der Waals surface area (Å²) in [6, 6.07) is 19.5. The summed E-state index contributed by atoms with van der Waals surface area (Å²) in [5.41, 5.74) is 4.11. The smallest absolute Gasteiger partial charge is 0.0717 e. The van der Waals surface area contributed by atoms with Gasteiger partial charge >= 0.3 is 0 Å². The van der Waals surface area contributed by atoms with Crippen LogP contribution in [-0.4, -0.2) is 31.1 Å². The molecule has 2 nitrogen and oxygen atoms in total. The lowest BCUT2D eigenvalue weighted by molar-refractivity contribution is 0.0840. The van der Waals surface area contributed by atoms with Crippen molar-refractivity contribution >= 4 is 0 Å². The molecule has 0 unspecified atom stereocenters. The second-order valence-corrected chi connectivity index (χ2v) is 6.56. The lowest BCUT2D eigenvalue weighted by Crippen LogP contribution is -2.35. The van der Waals surface area contributed by atoms with Crippen molar-refractivity contribution in [2.45, 2.75) is 32.3 Å². The zero-order valence-corrected chi connectivity index (χ0v) is 14.1. The van der Waals surface area contributed by atoms with E-state index in [1.165, 1.54) is 42.6 Å². The van der Waals surface area contributed by atoms with E-state index in [0.717, 1.165) is 25.7 Å². The summed E-state index contributed by atoms with van der Waals surface area (Å²) in [6.45, 7) is 7.13. The van der Waals surface area contributed by atoms with Crippen LogP contribution in [0, 0.1) is 6.92 Å². The van der Waals surface area contributed by atoms with E-state index in [-0.39, 0.29) is 0 Å². The number of rotatable bonds is 6. The molecule has 3 rings (SSSR count). The van der Waals surface area contributed by atoms with Crippen molar-refractivity contribution < 1.29 is 4.74 Å². The molecule has 0 amide bonds. The van der Waals surface area contributed by atoms with Crippen LogP contribution in [0.1, 0.15) is 35.4 Å². The molecular formula is C21H27NO. The molecule has 0 N–H and O–H groups in total. The molecule has 1 aliphatic heterocycles. The third-order valence-corrected chi connectivity index (χ3v) is 4.80. The highest BCUT2D eigenvalue weighted by atomic mass is 16.5. The van der Waals surface area contributed by atoms with Gasteiger partial charge in [0.15, 0.2) is 0 Å². The first kappa shape index (κ1) is 16.2. The Hall–Kier alpha value is -1.64. The van der Waals surface area contributed by atoms with Gasteiger partial charge in [0.2, 0.25) is 0 Å². The number of piperidine rings is 1. The first-order chi connectivity index (χ1) is 11.3. The number of nitrogens with zero attached hydrogens (tertiary/aromatic N) is 1. The molecule has 1 heterocycles. The van der Waals surface area contributed by atoms with Crippen LogP contribution < -0.4 is 0 Å². The van der Waals surface area contributed by atoms with Gasteiger partial charge in [0, 0.05) is 6.54 Å². The van der Waals surface area contributed by atoms with Crippen molar-refractivity contribution in [1.82, 2.24) is 4.90 Å². The average molecular weight is 309 g/mol. The normalized spacial score (nSPS) is 16.6. The number of aryl methyl sites for hydroxylation is 1. The van der Waals surface area contributed by atoms with Crippen molar-refractivity contribution in [3.63, 3.8) is 0 Å². The van der Waals surface area contributed by atoms with Crippen LogP contribution in [0.15, 0.2) is 54.6 Å². The Morgan fingerprint density at radius 3 is 2.35 bits per heavy atom. The van der Waals surface area contributed by atoms with E-state index in [1.54, 1.807) is 0 Å². The lowest BCUT2D eigenvalue weighted by atomic mass is 9.89. The molecule has 0 atom stereocenters. The van der Waals surface area contributed by atoms with Crippen molar-refractivity contribution in [3.05, 3.63) is 71.3 Å². The van der Waals surface area contributed by atoms with E-state index in [1.807, 2.05) is 6.07 Å². The maximum Gasteiger partial charge on any atom is 0.0717 e. The molecule has 0 aliphatic carbocycles. The van der Waals surface area contributed by atoms with Crippen molar-refractivity contribution in [1.29, 1.82) is 0 Å². The molecule has 2 aromatic carbocycles. The highest BCUT2D eigenvalue weighted by molar-refractivity contribution is 5.24. The van der Waals surface area contributed by atoms with Gasteiger partial charge < -0.3 is 9.64 Å². The minimum atomic E-state index is 0.723. The molecule has 1 fully saturated rings. The van der Waals surface area contributed by atoms with Gasteiger partial charge in [0.1, 0.15) is 0 Å². The number of benzene rings is 2. The largest absolute Gasteiger partial charge is 0.375 e. The fourth-order valence-corrected chi connectivity index (χ4v) is 3.29. The maximum atomic E-state index is 5.81. The number of ether oxygens (including phenoxy) is 1. The van der Waals surface area contributed by atoms with Gasteiger partial charge in [0.25, 0.3) is 0 Å². The number of likely N-dealkylation sites (tertiary alicyclic amines) is 1. The van der Waals surface area contributed by atoms with Crippen LogP contribution in [0.25, 0.3) is 0 Å². The quantitative estimate of drug-likeness (QED) is 0.734. The van der Waals surface area contributed by atoms with E-state index >= 15 is 0 Å². The van der Waals surface area contributed by atoms with Crippen LogP contribution in [0.5, 0.6) is 0 Å². The molecule has 0 bridgehead atoms. The Labute approximate surface area is 140 Å². The molecule has 0 radical (unpaired) electrons. The molecule has 1 aliphatic rings. The number of hydrogen-bond donors (Lipinski definition) is 0. The second-order valence-electron chi connectivity index (χ2n) is 6.56. The predicted molar refractivity (Wildman–Crippen MR) is 95.7 cm³/mol. The molecular weight excluding hydrogens is 282 g/mol. The summed E-state index contributed by atoms with van der Waals surface area (Å²) >= 11 is 0. The summed E-state index contributed by atoms with van der Waals surface area (Å²) in [7, 11) is 0. The van der Waals surface area contributed by atoms with Crippen LogP contribution in [0.4, 0.5) is 0 Å². The van der Waals surface area contributed by atoms with Crippen LogP contribution in [0.2, 0.25) is 0 Å². The van der Waals surface area contributed by atoms with Crippen molar-refractivity contribution in [3.8, 4) is 0 Å². The van der Waals surface area contributed by atoms with Gasteiger partial charge in [-0.3, -0.25) is 0 Å². The van der Waals surface area contributed by atoms with Crippen molar-refractivity contribution in [2.24, 2.45) is 0 Å². The van der Waals surface area contributed by atoms with E-state index in [2.05, 4.69) is 60.4 Å². The van der Waals surface area contributed by atoms with Crippen LogP contribution in [-0.2, 0) is 11.3 Å². The highest BCUT2D eigenvalue weighted by Gasteiger charge is 2.20. The van der Waals surface area contributed by atoms with E-state index in [0.29, 0.717) is 0 Å². The summed E-state index contributed by atoms with van der Waals surface area (Å²) in [5, 5.41) is 0.